The van der Waals surface area contributed by atoms with Crippen LogP contribution in [0.4, 0.5) is 5.69 Å². The van der Waals surface area contributed by atoms with Gasteiger partial charge in [0.25, 0.3) is 10.0 Å². The van der Waals surface area contributed by atoms with Crippen molar-refractivity contribution in [3.8, 4) is 23.0 Å². The van der Waals surface area contributed by atoms with Gasteiger partial charge in [0.15, 0.2) is 23.0 Å². The molecule has 0 aliphatic rings. The first kappa shape index (κ1) is 27.9. The number of nitrogens with one attached hydrogen (secondary N) is 1. The Morgan fingerprint density at radius 2 is 1.38 bits per heavy atom. The van der Waals surface area contributed by atoms with Crippen molar-refractivity contribution < 1.29 is 32.2 Å². The van der Waals surface area contributed by atoms with E-state index in [1.54, 1.807) is 37.3 Å². The van der Waals surface area contributed by atoms with Crippen LogP contribution < -0.4 is 28.6 Å². The van der Waals surface area contributed by atoms with E-state index < -0.39 is 28.5 Å². The van der Waals surface area contributed by atoms with Gasteiger partial charge in [-0.3, -0.25) is 9.10 Å². The summed E-state index contributed by atoms with van der Waals surface area (Å²) < 4.78 is 49.5. The summed E-state index contributed by atoms with van der Waals surface area (Å²) in [5, 5.41) is 3.28. The molecule has 37 heavy (non-hydrogen) atoms. The standard InChI is InChI=1S/C26H29ClN2O7S/c1-17(18-6-12-22(33-2)24(14-18)35-4)28-26(30)16-29(20-9-7-19(27)8-10-20)37(31,32)21-11-13-23(34-3)25(15-21)36-5/h6-15,17H,16H2,1-5H3,(H,28,30)/t17-/m1/s1. The average molecular weight is 549 g/mol. The molecule has 0 saturated carbocycles. The van der Waals surface area contributed by atoms with Crippen LogP contribution in [0, 0.1) is 0 Å². The van der Waals surface area contributed by atoms with Crippen molar-refractivity contribution in [3.05, 3.63) is 71.2 Å². The first-order valence-electron chi connectivity index (χ1n) is 11.2. The van der Waals surface area contributed by atoms with E-state index in [2.05, 4.69) is 5.32 Å². The van der Waals surface area contributed by atoms with Crippen molar-refractivity contribution in [2.75, 3.05) is 39.3 Å². The van der Waals surface area contributed by atoms with Crippen LogP contribution in [0.15, 0.2) is 65.6 Å². The number of nitrogens with zero attached hydrogens (tertiary/aromatic N) is 1. The summed E-state index contributed by atoms with van der Waals surface area (Å²) in [5.74, 6) is 1.17. The fourth-order valence-corrected chi connectivity index (χ4v) is 5.21. The predicted octanol–water partition coefficient (Wildman–Crippen LogP) is 4.45. The summed E-state index contributed by atoms with van der Waals surface area (Å²) in [4.78, 5) is 13.0. The molecular formula is C26H29ClN2O7S. The highest BCUT2D eigenvalue weighted by Crippen LogP contribution is 2.33. The minimum Gasteiger partial charge on any atom is -0.493 e. The zero-order valence-corrected chi connectivity index (χ0v) is 22.7. The molecule has 0 aliphatic carbocycles. The molecule has 0 saturated heterocycles. The van der Waals surface area contributed by atoms with E-state index in [9.17, 15) is 13.2 Å². The van der Waals surface area contributed by atoms with E-state index in [0.717, 1.165) is 9.87 Å². The van der Waals surface area contributed by atoms with Crippen LogP contribution in [-0.4, -0.2) is 49.3 Å². The van der Waals surface area contributed by atoms with Gasteiger partial charge >= 0.3 is 0 Å². The molecule has 0 unspecified atom stereocenters. The average Bonchev–Trinajstić information content (AvgIpc) is 2.91. The third kappa shape index (κ3) is 6.39. The molecule has 3 aromatic carbocycles. The summed E-state index contributed by atoms with van der Waals surface area (Å²) in [6.45, 7) is 1.31. The van der Waals surface area contributed by atoms with Crippen LogP contribution in [0.2, 0.25) is 5.02 Å². The quantitative estimate of drug-likeness (QED) is 0.377. The largest absolute Gasteiger partial charge is 0.493 e. The summed E-state index contributed by atoms with van der Waals surface area (Å²) in [6, 6.07) is 15.2. The minimum absolute atomic E-state index is 0.0687. The van der Waals surface area contributed by atoms with Gasteiger partial charge in [0.05, 0.1) is 45.1 Å². The number of amides is 1. The lowest BCUT2D eigenvalue weighted by molar-refractivity contribution is -0.120. The van der Waals surface area contributed by atoms with Gasteiger partial charge < -0.3 is 24.3 Å². The Kier molecular flexibility index (Phi) is 9.12. The molecule has 198 valence electrons. The van der Waals surface area contributed by atoms with Gasteiger partial charge in [0, 0.05) is 11.1 Å². The Bertz CT molecular complexity index is 1350. The number of rotatable bonds is 11. The van der Waals surface area contributed by atoms with Crippen molar-refractivity contribution in [1.82, 2.24) is 5.32 Å². The van der Waals surface area contributed by atoms with Crippen molar-refractivity contribution >= 4 is 33.2 Å². The number of ether oxygens (including phenoxy) is 4. The Balaban J connectivity index is 1.92. The van der Waals surface area contributed by atoms with E-state index in [4.69, 9.17) is 30.5 Å². The maximum Gasteiger partial charge on any atom is 0.264 e. The monoisotopic (exact) mass is 548 g/mol. The lowest BCUT2D eigenvalue weighted by Crippen LogP contribution is -2.41. The topological polar surface area (TPSA) is 103 Å². The molecule has 11 heteroatoms. The SMILES string of the molecule is COc1ccc([C@@H](C)NC(=O)CN(c2ccc(Cl)cc2)S(=O)(=O)c2ccc(OC)c(OC)c2)cc1OC. The lowest BCUT2D eigenvalue weighted by Gasteiger charge is -2.25. The molecule has 1 N–H and O–H groups in total. The molecule has 0 fully saturated rings. The van der Waals surface area contributed by atoms with Crippen LogP contribution in [0.3, 0.4) is 0 Å². The summed E-state index contributed by atoms with van der Waals surface area (Å²) in [7, 11) is 1.74. The highest BCUT2D eigenvalue weighted by Gasteiger charge is 2.29. The zero-order chi connectivity index (χ0) is 27.2. The molecule has 9 nitrogen and oxygen atoms in total. The number of methoxy groups -OCH3 is 4. The molecule has 3 rings (SSSR count). The highest BCUT2D eigenvalue weighted by atomic mass is 35.5. The van der Waals surface area contributed by atoms with Crippen molar-refractivity contribution in [2.24, 2.45) is 0 Å². The van der Waals surface area contributed by atoms with Crippen LogP contribution in [0.1, 0.15) is 18.5 Å². The van der Waals surface area contributed by atoms with Crippen LogP contribution >= 0.6 is 11.6 Å². The second kappa shape index (κ2) is 12.1. The molecular weight excluding hydrogens is 520 g/mol. The number of hydrogen-bond donors (Lipinski definition) is 1. The Morgan fingerprint density at radius 1 is 0.838 bits per heavy atom. The van der Waals surface area contributed by atoms with Crippen LogP contribution in [0.25, 0.3) is 0 Å². The van der Waals surface area contributed by atoms with Gasteiger partial charge in [0.2, 0.25) is 5.91 Å². The molecule has 0 heterocycles. The van der Waals surface area contributed by atoms with E-state index >= 15 is 0 Å². The molecule has 0 aliphatic heterocycles. The Hall–Kier alpha value is -3.63. The van der Waals surface area contributed by atoms with E-state index in [1.807, 2.05) is 0 Å². The molecule has 1 amide bonds. The normalized spacial score (nSPS) is 11.8. The van der Waals surface area contributed by atoms with Gasteiger partial charge in [-0.2, -0.15) is 0 Å². The number of carbonyl (C=O) groups excluding carboxylic acids is 1. The van der Waals surface area contributed by atoms with Gasteiger partial charge in [-0.05, 0) is 61.0 Å². The van der Waals surface area contributed by atoms with E-state index in [1.165, 1.54) is 58.8 Å². The lowest BCUT2D eigenvalue weighted by atomic mass is 10.1. The predicted molar refractivity (Wildman–Crippen MR) is 142 cm³/mol. The van der Waals surface area contributed by atoms with Crippen molar-refractivity contribution in [2.45, 2.75) is 17.9 Å². The summed E-state index contributed by atoms with van der Waals surface area (Å²) >= 11 is 6.01. The van der Waals surface area contributed by atoms with Crippen molar-refractivity contribution in [1.29, 1.82) is 0 Å². The second-order valence-corrected chi connectivity index (χ2v) is 10.2. The van der Waals surface area contributed by atoms with Gasteiger partial charge in [-0.1, -0.05) is 17.7 Å². The fraction of sp³-hybridized carbons (Fsp3) is 0.269. The Morgan fingerprint density at radius 3 is 1.95 bits per heavy atom. The molecule has 0 bridgehead atoms. The smallest absolute Gasteiger partial charge is 0.264 e. The maximum absolute atomic E-state index is 13.7. The molecule has 3 aromatic rings. The number of hydrogen-bond acceptors (Lipinski definition) is 7. The summed E-state index contributed by atoms with van der Waals surface area (Å²) in [6.07, 6.45) is 0. The molecule has 1 atom stereocenters. The zero-order valence-electron chi connectivity index (χ0n) is 21.1. The van der Waals surface area contributed by atoms with Gasteiger partial charge in [0.1, 0.15) is 6.54 Å². The van der Waals surface area contributed by atoms with Crippen LogP contribution in [-0.2, 0) is 14.8 Å². The number of sulfonamides is 1. The number of carbonyl (C=O) groups is 1. The third-order valence-electron chi connectivity index (χ3n) is 5.63. The van der Waals surface area contributed by atoms with E-state index in [-0.39, 0.29) is 16.3 Å². The van der Waals surface area contributed by atoms with Gasteiger partial charge in [-0.15, -0.1) is 0 Å². The first-order valence-corrected chi connectivity index (χ1v) is 13.0. The molecule has 0 spiro atoms. The number of halogens is 1. The maximum atomic E-state index is 13.7. The minimum atomic E-state index is -4.18. The molecule has 0 radical (unpaired) electrons. The third-order valence-corrected chi connectivity index (χ3v) is 7.65. The molecule has 0 aromatic heterocycles. The van der Waals surface area contributed by atoms with Gasteiger partial charge in [-0.25, -0.2) is 8.42 Å². The van der Waals surface area contributed by atoms with Crippen molar-refractivity contribution in [3.63, 3.8) is 0 Å². The second-order valence-electron chi connectivity index (χ2n) is 7.91. The fourth-order valence-electron chi connectivity index (χ4n) is 3.65. The van der Waals surface area contributed by atoms with E-state index in [0.29, 0.717) is 22.3 Å². The van der Waals surface area contributed by atoms with Crippen LogP contribution in [0.5, 0.6) is 23.0 Å². The number of benzene rings is 3. The highest BCUT2D eigenvalue weighted by molar-refractivity contribution is 7.92. The Labute approximate surface area is 221 Å². The summed E-state index contributed by atoms with van der Waals surface area (Å²) in [5.41, 5.74) is 1.03. The number of anilines is 1. The first-order chi connectivity index (χ1) is 17.6.